The molecule has 1 aromatic heterocycles. The van der Waals surface area contributed by atoms with E-state index in [0.717, 1.165) is 25.7 Å². The molecule has 1 fully saturated rings. The Labute approximate surface area is 112 Å². The number of hydrogen-bond donors (Lipinski definition) is 1. The number of rotatable bonds is 6. The number of halogens is 1. The predicted molar refractivity (Wildman–Crippen MR) is 73.2 cm³/mol. The number of aromatic nitrogens is 2. The van der Waals surface area contributed by atoms with Gasteiger partial charge in [-0.3, -0.25) is 9.69 Å². The summed E-state index contributed by atoms with van der Waals surface area (Å²) >= 11 is 5.97. The van der Waals surface area contributed by atoms with Crippen molar-refractivity contribution in [1.29, 1.82) is 0 Å². The van der Waals surface area contributed by atoms with Gasteiger partial charge in [-0.2, -0.15) is 5.10 Å². The van der Waals surface area contributed by atoms with E-state index < -0.39 is 0 Å². The van der Waals surface area contributed by atoms with E-state index >= 15 is 0 Å². The topological polar surface area (TPSA) is 50.2 Å². The van der Waals surface area contributed by atoms with E-state index in [4.69, 9.17) is 11.6 Å². The maximum atomic E-state index is 11.6. The van der Waals surface area contributed by atoms with Gasteiger partial charge in [0.05, 0.1) is 11.9 Å². The summed E-state index contributed by atoms with van der Waals surface area (Å²) in [6.45, 7) is 4.98. The van der Waals surface area contributed by atoms with Crippen LogP contribution in [-0.4, -0.2) is 40.4 Å². The summed E-state index contributed by atoms with van der Waals surface area (Å²) in [5.41, 5.74) is 0.350. The highest BCUT2D eigenvalue weighted by atomic mass is 35.5. The molecule has 1 aliphatic carbocycles. The van der Waals surface area contributed by atoms with Crippen LogP contribution in [0.4, 0.5) is 5.69 Å². The minimum absolute atomic E-state index is 0.210. The third kappa shape index (κ3) is 3.03. The van der Waals surface area contributed by atoms with Crippen LogP contribution in [0.15, 0.2) is 11.0 Å². The molecule has 1 aromatic rings. The van der Waals surface area contributed by atoms with Crippen molar-refractivity contribution in [3.63, 3.8) is 0 Å². The Morgan fingerprint density at radius 2 is 2.33 bits per heavy atom. The molecule has 0 bridgehead atoms. The highest BCUT2D eigenvalue weighted by molar-refractivity contribution is 6.32. The summed E-state index contributed by atoms with van der Waals surface area (Å²) in [5, 5.41) is 7.34. The van der Waals surface area contributed by atoms with E-state index in [0.29, 0.717) is 5.69 Å². The fourth-order valence-electron chi connectivity index (χ4n) is 2.01. The molecule has 1 saturated carbocycles. The predicted octanol–water partition coefficient (Wildman–Crippen LogP) is 1.33. The summed E-state index contributed by atoms with van der Waals surface area (Å²) in [6, 6.07) is 0.758. The third-order valence-electron chi connectivity index (χ3n) is 3.26. The van der Waals surface area contributed by atoms with Crippen LogP contribution in [0.25, 0.3) is 0 Å². The van der Waals surface area contributed by atoms with Crippen molar-refractivity contribution in [2.45, 2.75) is 25.8 Å². The van der Waals surface area contributed by atoms with Crippen LogP contribution in [0.2, 0.25) is 5.02 Å². The van der Waals surface area contributed by atoms with Gasteiger partial charge in [0.25, 0.3) is 5.56 Å². The first-order chi connectivity index (χ1) is 8.63. The quantitative estimate of drug-likeness (QED) is 0.847. The highest BCUT2D eigenvalue weighted by Gasteiger charge is 2.27. The Morgan fingerprint density at radius 1 is 1.61 bits per heavy atom. The van der Waals surface area contributed by atoms with Gasteiger partial charge in [-0.15, -0.1) is 0 Å². The molecule has 1 heterocycles. The number of likely N-dealkylation sites (N-methyl/N-ethyl adjacent to an activating group) is 1. The van der Waals surface area contributed by atoms with Crippen LogP contribution in [-0.2, 0) is 7.05 Å². The van der Waals surface area contributed by atoms with Crippen molar-refractivity contribution < 1.29 is 0 Å². The normalized spacial score (nSPS) is 15.1. The zero-order valence-corrected chi connectivity index (χ0v) is 11.6. The Bertz CT molecular complexity index is 470. The smallest absolute Gasteiger partial charge is 0.287 e. The molecule has 0 aliphatic heterocycles. The van der Waals surface area contributed by atoms with E-state index in [1.807, 2.05) is 0 Å². The lowest BCUT2D eigenvalue weighted by Crippen LogP contribution is -2.31. The summed E-state index contributed by atoms with van der Waals surface area (Å²) in [4.78, 5) is 14.0. The van der Waals surface area contributed by atoms with Gasteiger partial charge in [0.15, 0.2) is 0 Å². The van der Waals surface area contributed by atoms with Crippen LogP contribution in [0, 0.1) is 0 Å². The summed E-state index contributed by atoms with van der Waals surface area (Å²) in [5.74, 6) is 0. The molecule has 6 heteroatoms. The SMILES string of the molecule is CCN(CCNc1cnn(C)c(=O)c1Cl)C1CC1. The van der Waals surface area contributed by atoms with E-state index in [1.165, 1.54) is 17.5 Å². The molecule has 0 spiro atoms. The van der Waals surface area contributed by atoms with Gasteiger partial charge >= 0.3 is 0 Å². The van der Waals surface area contributed by atoms with Crippen LogP contribution in [0.1, 0.15) is 19.8 Å². The monoisotopic (exact) mass is 270 g/mol. The number of nitrogens with zero attached hydrogens (tertiary/aromatic N) is 3. The van der Waals surface area contributed by atoms with Gasteiger partial charge in [0.1, 0.15) is 5.02 Å². The van der Waals surface area contributed by atoms with E-state index in [9.17, 15) is 4.79 Å². The summed E-state index contributed by atoms with van der Waals surface area (Å²) < 4.78 is 1.23. The third-order valence-corrected chi connectivity index (χ3v) is 3.63. The summed E-state index contributed by atoms with van der Waals surface area (Å²) in [7, 11) is 1.59. The number of hydrogen-bond acceptors (Lipinski definition) is 4. The zero-order chi connectivity index (χ0) is 13.1. The molecule has 2 rings (SSSR count). The van der Waals surface area contributed by atoms with E-state index in [2.05, 4.69) is 22.2 Å². The zero-order valence-electron chi connectivity index (χ0n) is 10.8. The molecule has 1 aliphatic rings. The largest absolute Gasteiger partial charge is 0.381 e. The van der Waals surface area contributed by atoms with Crippen molar-refractivity contribution in [2.75, 3.05) is 25.0 Å². The van der Waals surface area contributed by atoms with Gasteiger partial charge in [0, 0.05) is 26.2 Å². The van der Waals surface area contributed by atoms with Crippen molar-refractivity contribution in [1.82, 2.24) is 14.7 Å². The second-order valence-corrected chi connectivity index (χ2v) is 4.97. The van der Waals surface area contributed by atoms with Crippen molar-refractivity contribution in [2.24, 2.45) is 7.05 Å². The van der Waals surface area contributed by atoms with Crippen LogP contribution in [0.3, 0.4) is 0 Å². The van der Waals surface area contributed by atoms with Crippen LogP contribution in [0.5, 0.6) is 0 Å². The number of anilines is 1. The van der Waals surface area contributed by atoms with Crippen LogP contribution < -0.4 is 10.9 Å². The van der Waals surface area contributed by atoms with Crippen molar-refractivity contribution in [3.8, 4) is 0 Å². The molecule has 18 heavy (non-hydrogen) atoms. The average Bonchev–Trinajstić information content (AvgIpc) is 3.18. The van der Waals surface area contributed by atoms with Gasteiger partial charge in [-0.05, 0) is 19.4 Å². The minimum atomic E-state index is -0.267. The molecular weight excluding hydrogens is 252 g/mol. The van der Waals surface area contributed by atoms with Gasteiger partial charge in [0.2, 0.25) is 0 Å². The molecule has 0 amide bonds. The second-order valence-electron chi connectivity index (χ2n) is 4.59. The highest BCUT2D eigenvalue weighted by Crippen LogP contribution is 2.26. The fraction of sp³-hybridized carbons (Fsp3) is 0.667. The minimum Gasteiger partial charge on any atom is -0.381 e. The number of aryl methyl sites for hydroxylation is 1. The van der Waals surface area contributed by atoms with Crippen molar-refractivity contribution >= 4 is 17.3 Å². The number of nitrogens with one attached hydrogen (secondary N) is 1. The molecule has 0 unspecified atom stereocenters. The van der Waals surface area contributed by atoms with Gasteiger partial charge in [-0.25, -0.2) is 4.68 Å². The average molecular weight is 271 g/mol. The fourth-order valence-corrected chi connectivity index (χ4v) is 2.24. The first-order valence-corrected chi connectivity index (χ1v) is 6.71. The Kier molecular flexibility index (Phi) is 4.24. The standard InChI is InChI=1S/C12H19ClN4O/c1-3-17(9-4-5-9)7-6-14-10-8-15-16(2)12(18)11(10)13/h8-9,14H,3-7H2,1-2H3. The molecule has 5 nitrogen and oxygen atoms in total. The lowest BCUT2D eigenvalue weighted by Gasteiger charge is -2.20. The lowest BCUT2D eigenvalue weighted by atomic mass is 10.4. The molecule has 0 aromatic carbocycles. The maximum Gasteiger partial charge on any atom is 0.287 e. The molecular formula is C12H19ClN4O. The van der Waals surface area contributed by atoms with Crippen LogP contribution >= 0.6 is 11.6 Å². The second kappa shape index (κ2) is 5.71. The van der Waals surface area contributed by atoms with Gasteiger partial charge in [-0.1, -0.05) is 18.5 Å². The Hall–Kier alpha value is -1.07. The Morgan fingerprint density at radius 3 is 2.94 bits per heavy atom. The first kappa shape index (κ1) is 13.4. The maximum absolute atomic E-state index is 11.6. The van der Waals surface area contributed by atoms with E-state index in [1.54, 1.807) is 13.2 Å². The van der Waals surface area contributed by atoms with Gasteiger partial charge < -0.3 is 5.32 Å². The first-order valence-electron chi connectivity index (χ1n) is 6.33. The summed E-state index contributed by atoms with van der Waals surface area (Å²) in [6.07, 6.45) is 4.21. The molecule has 0 radical (unpaired) electrons. The molecule has 100 valence electrons. The Balaban J connectivity index is 1.90. The molecule has 0 saturated heterocycles. The lowest BCUT2D eigenvalue weighted by molar-refractivity contribution is 0.289. The van der Waals surface area contributed by atoms with Crippen molar-refractivity contribution in [3.05, 3.63) is 21.6 Å². The molecule has 0 atom stereocenters. The van der Waals surface area contributed by atoms with E-state index in [-0.39, 0.29) is 10.6 Å². The molecule has 1 N–H and O–H groups in total.